The lowest BCUT2D eigenvalue weighted by Gasteiger charge is -2.06. The van der Waals surface area contributed by atoms with Crippen LogP contribution in [0.3, 0.4) is 0 Å². The highest BCUT2D eigenvalue weighted by Crippen LogP contribution is 2.17. The number of nitrogens with zero attached hydrogens (tertiary/aromatic N) is 4. The number of rotatable bonds is 5. The molecule has 1 amide bonds. The minimum atomic E-state index is -0.443. The normalized spacial score (nSPS) is 10.6. The summed E-state index contributed by atoms with van der Waals surface area (Å²) in [6.07, 6.45) is 0. The molecule has 6 nitrogen and oxygen atoms in total. The maximum Gasteiger partial charge on any atom is 0.234 e. The minimum Gasteiger partial charge on any atom is -0.323 e. The van der Waals surface area contributed by atoms with Crippen LogP contribution in [-0.4, -0.2) is 31.9 Å². The number of anilines is 1. The van der Waals surface area contributed by atoms with Gasteiger partial charge in [0, 0.05) is 6.54 Å². The third kappa shape index (κ3) is 3.53. The molecule has 106 valence electrons. The first-order chi connectivity index (χ1) is 9.60. The van der Waals surface area contributed by atoms with E-state index in [-0.39, 0.29) is 17.3 Å². The molecule has 0 saturated carbocycles. The quantitative estimate of drug-likeness (QED) is 0.853. The molecule has 0 radical (unpaired) electrons. The Morgan fingerprint density at radius 2 is 2.30 bits per heavy atom. The summed E-state index contributed by atoms with van der Waals surface area (Å²) >= 11 is 1.21. The smallest absolute Gasteiger partial charge is 0.234 e. The SMILES string of the molecule is CCn1nnnc1SCC(=O)Nc1ccc(C)cc1F. The molecule has 2 aromatic rings. The summed E-state index contributed by atoms with van der Waals surface area (Å²) in [7, 11) is 0. The highest BCUT2D eigenvalue weighted by molar-refractivity contribution is 7.99. The molecular weight excluding hydrogens is 281 g/mol. The van der Waals surface area contributed by atoms with Crippen LogP contribution in [0.1, 0.15) is 12.5 Å². The fraction of sp³-hybridized carbons (Fsp3) is 0.333. The number of thioether (sulfide) groups is 1. The molecule has 0 spiro atoms. The van der Waals surface area contributed by atoms with E-state index in [1.807, 2.05) is 6.92 Å². The van der Waals surface area contributed by atoms with Crippen molar-refractivity contribution < 1.29 is 9.18 Å². The number of hydrogen-bond donors (Lipinski definition) is 1. The number of benzene rings is 1. The Morgan fingerprint density at radius 3 is 3.00 bits per heavy atom. The lowest BCUT2D eigenvalue weighted by atomic mass is 10.2. The molecule has 1 aromatic heterocycles. The van der Waals surface area contributed by atoms with Crippen molar-refractivity contribution in [2.45, 2.75) is 25.5 Å². The van der Waals surface area contributed by atoms with Crippen molar-refractivity contribution in [3.8, 4) is 0 Å². The van der Waals surface area contributed by atoms with Crippen LogP contribution in [0, 0.1) is 12.7 Å². The van der Waals surface area contributed by atoms with Crippen LogP contribution in [0.15, 0.2) is 23.4 Å². The Labute approximate surface area is 119 Å². The van der Waals surface area contributed by atoms with Gasteiger partial charge in [0.15, 0.2) is 0 Å². The number of hydrogen-bond acceptors (Lipinski definition) is 5. The molecule has 0 saturated heterocycles. The zero-order chi connectivity index (χ0) is 14.5. The Bertz CT molecular complexity index is 616. The van der Waals surface area contributed by atoms with E-state index in [2.05, 4.69) is 20.8 Å². The van der Waals surface area contributed by atoms with Crippen LogP contribution >= 0.6 is 11.8 Å². The average Bonchev–Trinajstić information content (AvgIpc) is 2.87. The molecule has 1 N–H and O–H groups in total. The number of carbonyl (C=O) groups is 1. The van der Waals surface area contributed by atoms with Gasteiger partial charge in [-0.15, -0.1) is 5.10 Å². The van der Waals surface area contributed by atoms with Crippen LogP contribution in [-0.2, 0) is 11.3 Å². The number of aryl methyl sites for hydroxylation is 2. The Hall–Kier alpha value is -1.96. The topological polar surface area (TPSA) is 72.7 Å². The summed E-state index contributed by atoms with van der Waals surface area (Å²) < 4.78 is 15.2. The van der Waals surface area contributed by atoms with E-state index in [0.717, 1.165) is 5.56 Å². The van der Waals surface area contributed by atoms with Gasteiger partial charge in [0.1, 0.15) is 5.82 Å². The second kappa shape index (κ2) is 6.47. The first-order valence-corrected chi connectivity index (χ1v) is 7.03. The molecular formula is C12H14FN5OS. The maximum absolute atomic E-state index is 13.6. The van der Waals surface area contributed by atoms with Crippen molar-refractivity contribution >= 4 is 23.4 Å². The largest absolute Gasteiger partial charge is 0.323 e. The third-order valence-electron chi connectivity index (χ3n) is 2.53. The number of nitrogens with one attached hydrogen (secondary N) is 1. The van der Waals surface area contributed by atoms with Gasteiger partial charge < -0.3 is 5.32 Å². The van der Waals surface area contributed by atoms with Crippen molar-refractivity contribution in [2.75, 3.05) is 11.1 Å². The number of halogens is 1. The van der Waals surface area contributed by atoms with E-state index in [1.54, 1.807) is 23.7 Å². The molecule has 0 aliphatic rings. The van der Waals surface area contributed by atoms with E-state index < -0.39 is 5.82 Å². The molecule has 0 aliphatic carbocycles. The van der Waals surface area contributed by atoms with E-state index in [9.17, 15) is 9.18 Å². The van der Waals surface area contributed by atoms with Gasteiger partial charge in [0.05, 0.1) is 11.4 Å². The molecule has 0 bridgehead atoms. The number of carbonyl (C=O) groups excluding carboxylic acids is 1. The predicted octanol–water partition coefficient (Wildman–Crippen LogP) is 1.87. The van der Waals surface area contributed by atoms with Crippen LogP contribution in [0.5, 0.6) is 0 Å². The third-order valence-corrected chi connectivity index (χ3v) is 3.49. The van der Waals surface area contributed by atoms with Crippen molar-refractivity contribution in [3.63, 3.8) is 0 Å². The zero-order valence-corrected chi connectivity index (χ0v) is 11.9. The summed E-state index contributed by atoms with van der Waals surface area (Å²) in [4.78, 5) is 11.8. The van der Waals surface area contributed by atoms with E-state index >= 15 is 0 Å². The highest BCUT2D eigenvalue weighted by atomic mass is 32.2. The first-order valence-electron chi connectivity index (χ1n) is 6.05. The molecule has 0 fully saturated rings. The highest BCUT2D eigenvalue weighted by Gasteiger charge is 2.11. The number of amides is 1. The summed E-state index contributed by atoms with van der Waals surface area (Å²) in [5, 5.41) is 14.2. The van der Waals surface area contributed by atoms with Gasteiger partial charge in [-0.25, -0.2) is 9.07 Å². The van der Waals surface area contributed by atoms with Crippen LogP contribution in [0.4, 0.5) is 10.1 Å². The van der Waals surface area contributed by atoms with Crippen LogP contribution < -0.4 is 5.32 Å². The minimum absolute atomic E-state index is 0.119. The van der Waals surface area contributed by atoms with Crippen molar-refractivity contribution in [1.29, 1.82) is 0 Å². The van der Waals surface area contributed by atoms with Crippen LogP contribution in [0.2, 0.25) is 0 Å². The van der Waals surface area contributed by atoms with Gasteiger partial charge in [-0.05, 0) is 42.0 Å². The molecule has 8 heteroatoms. The van der Waals surface area contributed by atoms with Crippen molar-refractivity contribution in [1.82, 2.24) is 20.2 Å². The summed E-state index contributed by atoms with van der Waals surface area (Å²) in [6.45, 7) is 4.32. The van der Waals surface area contributed by atoms with Gasteiger partial charge >= 0.3 is 0 Å². The standard InChI is InChI=1S/C12H14FN5OS/c1-3-18-12(15-16-17-18)20-7-11(19)14-10-5-4-8(2)6-9(10)13/h4-6H,3,7H2,1-2H3,(H,14,19). The van der Waals surface area contributed by atoms with E-state index in [4.69, 9.17) is 0 Å². The number of aromatic nitrogens is 4. The summed E-state index contributed by atoms with van der Waals surface area (Å²) in [6, 6.07) is 4.66. The second-order valence-corrected chi connectivity index (χ2v) is 5.04. The molecule has 0 aliphatic heterocycles. The fourth-order valence-corrected chi connectivity index (χ4v) is 2.28. The fourth-order valence-electron chi connectivity index (χ4n) is 1.54. The molecule has 1 heterocycles. The predicted molar refractivity (Wildman–Crippen MR) is 74.0 cm³/mol. The van der Waals surface area contributed by atoms with Gasteiger partial charge in [0.2, 0.25) is 11.1 Å². The van der Waals surface area contributed by atoms with E-state index in [1.165, 1.54) is 17.8 Å². The van der Waals surface area contributed by atoms with E-state index in [0.29, 0.717) is 11.7 Å². The van der Waals surface area contributed by atoms with Crippen molar-refractivity contribution in [3.05, 3.63) is 29.6 Å². The molecule has 1 aromatic carbocycles. The lowest BCUT2D eigenvalue weighted by molar-refractivity contribution is -0.113. The maximum atomic E-state index is 13.6. The summed E-state index contributed by atoms with van der Waals surface area (Å²) in [5.74, 6) is -0.626. The molecule has 20 heavy (non-hydrogen) atoms. The van der Waals surface area contributed by atoms with Gasteiger partial charge in [-0.3, -0.25) is 4.79 Å². The second-order valence-electron chi connectivity index (χ2n) is 4.10. The monoisotopic (exact) mass is 295 g/mol. The summed E-state index contributed by atoms with van der Waals surface area (Å²) in [5.41, 5.74) is 0.980. The van der Waals surface area contributed by atoms with Gasteiger partial charge in [-0.2, -0.15) is 0 Å². The molecule has 2 rings (SSSR count). The molecule has 0 atom stereocenters. The number of tetrazole rings is 1. The van der Waals surface area contributed by atoms with Crippen molar-refractivity contribution in [2.24, 2.45) is 0 Å². The first kappa shape index (κ1) is 14.4. The Morgan fingerprint density at radius 1 is 1.50 bits per heavy atom. The molecule has 0 unspecified atom stereocenters. The Balaban J connectivity index is 1.93. The average molecular weight is 295 g/mol. The van der Waals surface area contributed by atoms with Gasteiger partial charge in [-0.1, -0.05) is 17.8 Å². The zero-order valence-electron chi connectivity index (χ0n) is 11.1. The van der Waals surface area contributed by atoms with Gasteiger partial charge in [0.25, 0.3) is 0 Å². The van der Waals surface area contributed by atoms with Crippen LogP contribution in [0.25, 0.3) is 0 Å². The lowest BCUT2D eigenvalue weighted by Crippen LogP contribution is -2.15. The Kier molecular flexibility index (Phi) is 4.67.